The van der Waals surface area contributed by atoms with E-state index in [4.69, 9.17) is 43.6 Å². The Bertz CT molecular complexity index is 1010. The topological polar surface area (TPSA) is 129 Å². The van der Waals surface area contributed by atoms with Crippen LogP contribution in [0.15, 0.2) is 51.5 Å². The Balaban J connectivity index is 2.11. The van der Waals surface area contributed by atoms with Gasteiger partial charge < -0.3 is 20.4 Å². The smallest absolute Gasteiger partial charge is 0.340 e. The van der Waals surface area contributed by atoms with E-state index in [-0.39, 0.29) is 33.3 Å². The number of nitrogens with zero attached hydrogens (tertiary/aromatic N) is 2. The third-order valence-corrected chi connectivity index (χ3v) is 5.13. The van der Waals surface area contributed by atoms with Gasteiger partial charge in [-0.15, -0.1) is 5.10 Å². The van der Waals surface area contributed by atoms with E-state index in [0.717, 1.165) is 5.56 Å². The molecule has 0 aliphatic rings. The molecule has 0 radical (unpaired) electrons. The molecule has 0 atom stereocenters. The van der Waals surface area contributed by atoms with Gasteiger partial charge in [0, 0.05) is 23.7 Å². The molecule has 11 heteroatoms. The summed E-state index contributed by atoms with van der Waals surface area (Å²) in [7, 11) is -4.17. The molecular weight excluding hydrogens is 427 g/mol. The van der Waals surface area contributed by atoms with Crippen molar-refractivity contribution in [3.05, 3.63) is 52.0 Å². The molecule has 0 amide bonds. The second kappa shape index (κ2) is 9.63. The van der Waals surface area contributed by atoms with E-state index in [1.165, 1.54) is 30.5 Å². The summed E-state index contributed by atoms with van der Waals surface area (Å²) in [6, 6.07) is 8.84. The van der Waals surface area contributed by atoms with Gasteiger partial charge in [-0.05, 0) is 42.8 Å². The van der Waals surface area contributed by atoms with Crippen molar-refractivity contribution in [2.24, 2.45) is 21.7 Å². The van der Waals surface area contributed by atoms with Gasteiger partial charge >= 0.3 is 10.1 Å². The van der Waals surface area contributed by atoms with Crippen molar-refractivity contribution < 1.29 is 17.3 Å². The number of ether oxygens (including phenoxy) is 1. The summed E-state index contributed by atoms with van der Waals surface area (Å²) >= 11 is 11.8. The van der Waals surface area contributed by atoms with Crippen molar-refractivity contribution in [1.82, 2.24) is 0 Å². The number of benzene rings is 2. The Morgan fingerprint density at radius 1 is 1.14 bits per heavy atom. The standard InChI is InChI=1S/C17H18Cl2N4O4S/c1-11-7-13(26-6-2-5-22-23-17(20)21)10-14(8-11)27-28(24,25)16-9-12(18)3-4-15(16)19/h3-5,7-10H,2,6H2,1H3,(H4,20,21,23). The Kier molecular flexibility index (Phi) is 7.50. The predicted octanol–water partition coefficient (Wildman–Crippen LogP) is 3.10. The van der Waals surface area contributed by atoms with Gasteiger partial charge in [-0.25, -0.2) is 0 Å². The molecule has 2 rings (SSSR count). The zero-order valence-electron chi connectivity index (χ0n) is 14.8. The molecule has 150 valence electrons. The number of guanidine groups is 1. The molecule has 8 nitrogen and oxygen atoms in total. The first-order valence-electron chi connectivity index (χ1n) is 7.92. The number of aryl methyl sites for hydroxylation is 1. The van der Waals surface area contributed by atoms with Crippen LogP contribution in [0.25, 0.3) is 0 Å². The highest BCUT2D eigenvalue weighted by molar-refractivity contribution is 7.87. The van der Waals surface area contributed by atoms with Crippen molar-refractivity contribution in [1.29, 1.82) is 0 Å². The van der Waals surface area contributed by atoms with Crippen molar-refractivity contribution in [3.63, 3.8) is 0 Å². The molecule has 0 aliphatic carbocycles. The fourth-order valence-electron chi connectivity index (χ4n) is 2.08. The average Bonchev–Trinajstić information content (AvgIpc) is 2.59. The van der Waals surface area contributed by atoms with Crippen LogP contribution in [0.1, 0.15) is 12.0 Å². The number of nitrogens with two attached hydrogens (primary N) is 2. The summed E-state index contributed by atoms with van der Waals surface area (Å²) in [6.07, 6.45) is 1.93. The summed E-state index contributed by atoms with van der Waals surface area (Å²) in [4.78, 5) is -0.221. The zero-order chi connectivity index (χ0) is 20.7. The fourth-order valence-corrected chi connectivity index (χ4v) is 3.74. The normalized spacial score (nSPS) is 11.4. The largest absolute Gasteiger partial charge is 0.493 e. The second-order valence-corrected chi connectivity index (χ2v) is 7.91. The van der Waals surface area contributed by atoms with Gasteiger partial charge in [0.15, 0.2) is 0 Å². The fraction of sp³-hybridized carbons (Fsp3) is 0.176. The summed E-state index contributed by atoms with van der Waals surface area (Å²) in [6.45, 7) is 2.05. The molecule has 4 N–H and O–H groups in total. The van der Waals surface area contributed by atoms with E-state index in [9.17, 15) is 8.42 Å². The SMILES string of the molecule is Cc1cc(OCCC=NN=C(N)N)cc(OS(=O)(=O)c2cc(Cl)ccc2Cl)c1. The van der Waals surface area contributed by atoms with Crippen LogP contribution in [0.5, 0.6) is 11.5 Å². The maximum atomic E-state index is 12.5. The lowest BCUT2D eigenvalue weighted by Crippen LogP contribution is -2.21. The number of hydrogen-bond acceptors (Lipinski definition) is 6. The van der Waals surface area contributed by atoms with Crippen LogP contribution < -0.4 is 20.4 Å². The lowest BCUT2D eigenvalue weighted by atomic mass is 10.2. The van der Waals surface area contributed by atoms with Gasteiger partial charge in [0.2, 0.25) is 5.96 Å². The van der Waals surface area contributed by atoms with Crippen molar-refractivity contribution in [2.75, 3.05) is 6.61 Å². The third-order valence-electron chi connectivity index (χ3n) is 3.16. The minimum absolute atomic E-state index is 0.00795. The van der Waals surface area contributed by atoms with Gasteiger partial charge in [-0.1, -0.05) is 23.2 Å². The minimum atomic E-state index is -4.17. The molecule has 0 unspecified atom stereocenters. The van der Waals surface area contributed by atoms with Gasteiger partial charge in [0.25, 0.3) is 0 Å². The quantitative estimate of drug-likeness (QED) is 0.211. The molecule has 0 fully saturated rings. The summed E-state index contributed by atoms with van der Waals surface area (Å²) in [5.74, 6) is 0.372. The maximum Gasteiger partial charge on any atom is 0.340 e. The van der Waals surface area contributed by atoms with Crippen LogP contribution in [-0.2, 0) is 10.1 Å². The lowest BCUT2D eigenvalue weighted by Gasteiger charge is -2.11. The van der Waals surface area contributed by atoms with Crippen LogP contribution in [-0.4, -0.2) is 27.2 Å². The average molecular weight is 445 g/mol. The number of hydrogen-bond donors (Lipinski definition) is 2. The van der Waals surface area contributed by atoms with Crippen LogP contribution in [0.3, 0.4) is 0 Å². The molecule has 2 aromatic rings. The van der Waals surface area contributed by atoms with Crippen molar-refractivity contribution >= 4 is 45.5 Å². The molecule has 2 aromatic carbocycles. The van der Waals surface area contributed by atoms with E-state index in [2.05, 4.69) is 10.2 Å². The van der Waals surface area contributed by atoms with Crippen molar-refractivity contribution in [2.45, 2.75) is 18.2 Å². The van der Waals surface area contributed by atoms with Crippen LogP contribution in [0.2, 0.25) is 10.0 Å². The highest BCUT2D eigenvalue weighted by atomic mass is 35.5. The molecule has 0 aliphatic heterocycles. The van der Waals surface area contributed by atoms with Gasteiger partial charge in [0.1, 0.15) is 16.4 Å². The lowest BCUT2D eigenvalue weighted by molar-refractivity contribution is 0.329. The molecule has 0 saturated carbocycles. The molecule has 0 aromatic heterocycles. The zero-order valence-corrected chi connectivity index (χ0v) is 17.1. The van der Waals surface area contributed by atoms with Gasteiger partial charge in [0.05, 0.1) is 11.6 Å². The Labute approximate surface area is 172 Å². The summed E-state index contributed by atoms with van der Waals surface area (Å²) in [5, 5.41) is 7.33. The van der Waals surface area contributed by atoms with Gasteiger partial charge in [-0.2, -0.15) is 13.5 Å². The van der Waals surface area contributed by atoms with E-state index >= 15 is 0 Å². The molecule has 0 spiro atoms. The molecule has 0 saturated heterocycles. The molecule has 0 bridgehead atoms. The Morgan fingerprint density at radius 2 is 1.86 bits per heavy atom. The van der Waals surface area contributed by atoms with E-state index in [1.807, 2.05) is 0 Å². The first-order valence-corrected chi connectivity index (χ1v) is 10.1. The van der Waals surface area contributed by atoms with E-state index < -0.39 is 10.1 Å². The van der Waals surface area contributed by atoms with Crippen LogP contribution in [0.4, 0.5) is 0 Å². The van der Waals surface area contributed by atoms with Crippen LogP contribution in [0, 0.1) is 6.92 Å². The Morgan fingerprint density at radius 3 is 2.57 bits per heavy atom. The number of rotatable bonds is 8. The molecule has 28 heavy (non-hydrogen) atoms. The first-order chi connectivity index (χ1) is 13.2. The third kappa shape index (κ3) is 6.59. The highest BCUT2D eigenvalue weighted by Gasteiger charge is 2.21. The number of halogens is 2. The Hall–Kier alpha value is -2.49. The first kappa shape index (κ1) is 21.8. The van der Waals surface area contributed by atoms with E-state index in [1.54, 1.807) is 19.1 Å². The second-order valence-electron chi connectivity index (χ2n) is 5.55. The maximum absolute atomic E-state index is 12.5. The van der Waals surface area contributed by atoms with Crippen LogP contribution >= 0.6 is 23.2 Å². The molecular formula is C17H18Cl2N4O4S. The highest BCUT2D eigenvalue weighted by Crippen LogP contribution is 2.30. The molecule has 0 heterocycles. The predicted molar refractivity (Wildman–Crippen MR) is 110 cm³/mol. The summed E-state index contributed by atoms with van der Waals surface area (Å²) in [5.41, 5.74) is 11.0. The monoisotopic (exact) mass is 444 g/mol. The van der Waals surface area contributed by atoms with Crippen molar-refractivity contribution in [3.8, 4) is 11.5 Å². The van der Waals surface area contributed by atoms with Gasteiger partial charge in [-0.3, -0.25) is 0 Å². The minimum Gasteiger partial charge on any atom is -0.493 e. The summed E-state index contributed by atoms with van der Waals surface area (Å²) < 4.78 is 35.8. The van der Waals surface area contributed by atoms with E-state index in [0.29, 0.717) is 12.2 Å².